The third kappa shape index (κ3) is 3.72. The first-order valence-electron chi connectivity index (χ1n) is 5.86. The van der Waals surface area contributed by atoms with E-state index in [2.05, 4.69) is 17.6 Å². The number of aliphatic carboxylic acids is 1. The second-order valence-corrected chi connectivity index (χ2v) is 4.40. The van der Waals surface area contributed by atoms with Gasteiger partial charge in [0, 0.05) is 13.1 Å². The number of carboxylic acids is 1. The number of nitrogens with one attached hydrogen (secondary N) is 2. The van der Waals surface area contributed by atoms with Gasteiger partial charge in [0.15, 0.2) is 0 Å². The average molecular weight is 228 g/mol. The molecule has 0 aromatic heterocycles. The molecule has 0 aromatic carbocycles. The Morgan fingerprint density at radius 2 is 1.94 bits per heavy atom. The third-order valence-electron chi connectivity index (χ3n) is 2.96. The molecular weight excluding hydrogens is 208 g/mol. The van der Waals surface area contributed by atoms with Gasteiger partial charge in [0.05, 0.1) is 5.41 Å². The van der Waals surface area contributed by atoms with Crippen LogP contribution < -0.4 is 10.6 Å². The van der Waals surface area contributed by atoms with E-state index in [0.29, 0.717) is 19.4 Å². The summed E-state index contributed by atoms with van der Waals surface area (Å²) < 4.78 is 0. The van der Waals surface area contributed by atoms with Gasteiger partial charge in [-0.2, -0.15) is 0 Å². The maximum atomic E-state index is 11.3. The Morgan fingerprint density at radius 3 is 2.44 bits per heavy atom. The smallest absolute Gasteiger partial charge is 0.314 e. The summed E-state index contributed by atoms with van der Waals surface area (Å²) in [6, 6.07) is -0.261. The number of unbranched alkanes of at least 4 members (excludes halogenated alkanes) is 2. The third-order valence-corrected chi connectivity index (χ3v) is 2.96. The van der Waals surface area contributed by atoms with Crippen LogP contribution in [0.3, 0.4) is 0 Å². The SMILES string of the molecule is CCCCCNC(=O)NCC1(C(=O)O)CC1. The summed E-state index contributed by atoms with van der Waals surface area (Å²) in [6.07, 6.45) is 4.51. The topological polar surface area (TPSA) is 78.4 Å². The summed E-state index contributed by atoms with van der Waals surface area (Å²) >= 11 is 0. The monoisotopic (exact) mass is 228 g/mol. The van der Waals surface area contributed by atoms with E-state index in [9.17, 15) is 9.59 Å². The molecule has 0 aromatic rings. The van der Waals surface area contributed by atoms with Gasteiger partial charge in [-0.25, -0.2) is 4.79 Å². The zero-order valence-electron chi connectivity index (χ0n) is 9.71. The molecule has 0 radical (unpaired) electrons. The molecule has 1 saturated carbocycles. The van der Waals surface area contributed by atoms with Gasteiger partial charge < -0.3 is 15.7 Å². The van der Waals surface area contributed by atoms with Crippen molar-refractivity contribution in [1.29, 1.82) is 0 Å². The number of urea groups is 1. The van der Waals surface area contributed by atoms with Crippen molar-refractivity contribution in [3.05, 3.63) is 0 Å². The highest BCUT2D eigenvalue weighted by molar-refractivity contribution is 5.80. The number of hydrogen-bond acceptors (Lipinski definition) is 2. The van der Waals surface area contributed by atoms with Crippen molar-refractivity contribution in [2.45, 2.75) is 39.0 Å². The van der Waals surface area contributed by atoms with Crippen LogP contribution in [0.1, 0.15) is 39.0 Å². The molecule has 5 heteroatoms. The molecule has 5 nitrogen and oxygen atoms in total. The Kier molecular flexibility index (Phi) is 4.58. The van der Waals surface area contributed by atoms with Crippen molar-refractivity contribution >= 4 is 12.0 Å². The van der Waals surface area contributed by atoms with Crippen LogP contribution in [-0.2, 0) is 4.79 Å². The van der Waals surface area contributed by atoms with Gasteiger partial charge in [0.2, 0.25) is 0 Å². The van der Waals surface area contributed by atoms with E-state index >= 15 is 0 Å². The largest absolute Gasteiger partial charge is 0.481 e. The minimum absolute atomic E-state index is 0.238. The summed E-state index contributed by atoms with van der Waals surface area (Å²) in [5.74, 6) is -0.807. The summed E-state index contributed by atoms with van der Waals surface area (Å²) in [5.41, 5.74) is -0.680. The van der Waals surface area contributed by atoms with Crippen LogP contribution in [0.15, 0.2) is 0 Å². The lowest BCUT2D eigenvalue weighted by atomic mass is 10.1. The normalized spacial score (nSPS) is 16.6. The van der Waals surface area contributed by atoms with Gasteiger partial charge in [-0.3, -0.25) is 4.79 Å². The van der Waals surface area contributed by atoms with E-state index < -0.39 is 11.4 Å². The van der Waals surface area contributed by atoms with E-state index in [1.165, 1.54) is 0 Å². The first-order valence-corrected chi connectivity index (χ1v) is 5.86. The molecule has 1 fully saturated rings. The number of amides is 2. The highest BCUT2D eigenvalue weighted by atomic mass is 16.4. The Morgan fingerprint density at radius 1 is 1.25 bits per heavy atom. The average Bonchev–Trinajstić information content (AvgIpc) is 3.03. The number of hydrogen-bond donors (Lipinski definition) is 3. The van der Waals surface area contributed by atoms with Crippen molar-refractivity contribution in [3.63, 3.8) is 0 Å². The molecule has 1 aliphatic rings. The zero-order valence-corrected chi connectivity index (χ0v) is 9.71. The molecule has 16 heavy (non-hydrogen) atoms. The van der Waals surface area contributed by atoms with Crippen molar-refractivity contribution in [3.8, 4) is 0 Å². The Labute approximate surface area is 95.6 Å². The van der Waals surface area contributed by atoms with Crippen LogP contribution in [0.25, 0.3) is 0 Å². The standard InChI is InChI=1S/C11H20N2O3/c1-2-3-4-7-12-10(16)13-8-11(5-6-11)9(14)15/h2-8H2,1H3,(H,14,15)(H2,12,13,16). The van der Waals surface area contributed by atoms with Crippen molar-refractivity contribution < 1.29 is 14.7 Å². The van der Waals surface area contributed by atoms with Gasteiger partial charge in [-0.05, 0) is 19.3 Å². The molecule has 3 N–H and O–H groups in total. The van der Waals surface area contributed by atoms with Crippen LogP contribution in [0, 0.1) is 5.41 Å². The lowest BCUT2D eigenvalue weighted by Gasteiger charge is -2.11. The summed E-state index contributed by atoms with van der Waals surface area (Å²) in [4.78, 5) is 22.1. The predicted octanol–water partition coefficient (Wildman–Crippen LogP) is 1.34. The second kappa shape index (κ2) is 5.72. The zero-order chi connectivity index (χ0) is 12.0. The van der Waals surface area contributed by atoms with Crippen LogP contribution in [-0.4, -0.2) is 30.2 Å². The Bertz CT molecular complexity index is 262. The Hall–Kier alpha value is -1.26. The van der Waals surface area contributed by atoms with Crippen molar-refractivity contribution in [1.82, 2.24) is 10.6 Å². The van der Waals surface area contributed by atoms with Gasteiger partial charge in [-0.15, -0.1) is 0 Å². The molecule has 0 unspecified atom stereocenters. The summed E-state index contributed by atoms with van der Waals surface area (Å²) in [5, 5.41) is 14.2. The van der Waals surface area contributed by atoms with E-state index in [0.717, 1.165) is 19.3 Å². The molecular formula is C11H20N2O3. The van der Waals surface area contributed by atoms with Crippen molar-refractivity contribution in [2.24, 2.45) is 5.41 Å². The van der Waals surface area contributed by atoms with Gasteiger partial charge >= 0.3 is 12.0 Å². The number of carbonyl (C=O) groups excluding carboxylic acids is 1. The second-order valence-electron chi connectivity index (χ2n) is 4.40. The van der Waals surface area contributed by atoms with E-state index in [4.69, 9.17) is 5.11 Å². The molecule has 92 valence electrons. The first-order chi connectivity index (χ1) is 7.60. The van der Waals surface area contributed by atoms with Crippen LogP contribution >= 0.6 is 0 Å². The molecule has 0 heterocycles. The number of carboxylic acid groups (broad SMARTS) is 1. The highest BCUT2D eigenvalue weighted by Gasteiger charge is 2.50. The van der Waals surface area contributed by atoms with E-state index in [-0.39, 0.29) is 12.6 Å². The maximum absolute atomic E-state index is 11.3. The quantitative estimate of drug-likeness (QED) is 0.575. The van der Waals surface area contributed by atoms with Crippen molar-refractivity contribution in [2.75, 3.05) is 13.1 Å². The first kappa shape index (κ1) is 12.8. The predicted molar refractivity (Wildman–Crippen MR) is 60.2 cm³/mol. The molecule has 0 spiro atoms. The fourth-order valence-electron chi connectivity index (χ4n) is 1.51. The molecule has 0 saturated heterocycles. The number of rotatable bonds is 7. The van der Waals surface area contributed by atoms with Gasteiger partial charge in [0.1, 0.15) is 0 Å². The minimum Gasteiger partial charge on any atom is -0.481 e. The fourth-order valence-corrected chi connectivity index (χ4v) is 1.51. The molecule has 0 bridgehead atoms. The van der Waals surface area contributed by atoms with E-state index in [1.807, 2.05) is 0 Å². The lowest BCUT2D eigenvalue weighted by Crippen LogP contribution is -2.41. The fraction of sp³-hybridized carbons (Fsp3) is 0.818. The van der Waals surface area contributed by atoms with Crippen LogP contribution in [0.4, 0.5) is 4.79 Å². The minimum atomic E-state index is -0.807. The summed E-state index contributed by atoms with van der Waals surface area (Å²) in [6.45, 7) is 2.99. The maximum Gasteiger partial charge on any atom is 0.314 e. The molecule has 0 aliphatic heterocycles. The van der Waals surface area contributed by atoms with Crippen LogP contribution in [0.5, 0.6) is 0 Å². The highest BCUT2D eigenvalue weighted by Crippen LogP contribution is 2.45. The molecule has 0 atom stereocenters. The van der Waals surface area contributed by atoms with Gasteiger partial charge in [0.25, 0.3) is 0 Å². The summed E-state index contributed by atoms with van der Waals surface area (Å²) in [7, 11) is 0. The molecule has 1 rings (SSSR count). The molecule has 1 aliphatic carbocycles. The van der Waals surface area contributed by atoms with Gasteiger partial charge in [-0.1, -0.05) is 19.8 Å². The Balaban J connectivity index is 2.09. The van der Waals surface area contributed by atoms with E-state index in [1.54, 1.807) is 0 Å². The van der Waals surface area contributed by atoms with Crippen LogP contribution in [0.2, 0.25) is 0 Å². The lowest BCUT2D eigenvalue weighted by molar-refractivity contribution is -0.143. The number of carbonyl (C=O) groups is 2. The molecule has 2 amide bonds.